The molecule has 1 aliphatic rings. The molecule has 0 bridgehead atoms. The number of rotatable bonds is 2. The summed E-state index contributed by atoms with van der Waals surface area (Å²) >= 11 is 0. The lowest BCUT2D eigenvalue weighted by atomic mass is 10.1. The van der Waals surface area contributed by atoms with Crippen LogP contribution in [0, 0.1) is 11.6 Å². The van der Waals surface area contributed by atoms with E-state index in [1.54, 1.807) is 0 Å². The van der Waals surface area contributed by atoms with Crippen molar-refractivity contribution in [3.8, 4) is 0 Å². The summed E-state index contributed by atoms with van der Waals surface area (Å²) in [5.74, 6) is -1.91. The van der Waals surface area contributed by atoms with E-state index in [1.165, 1.54) is 6.07 Å². The lowest BCUT2D eigenvalue weighted by Gasteiger charge is -2.23. The van der Waals surface area contributed by atoms with Crippen LogP contribution in [0.5, 0.6) is 0 Å². The number of urea groups is 1. The lowest BCUT2D eigenvalue weighted by molar-refractivity contribution is 0.245. The summed E-state index contributed by atoms with van der Waals surface area (Å²) < 4.78 is 25.6. The van der Waals surface area contributed by atoms with Crippen LogP contribution >= 0.6 is 0 Å². The van der Waals surface area contributed by atoms with Gasteiger partial charge in [0.05, 0.1) is 0 Å². The monoisotopic (exact) mass is 255 g/mol. The van der Waals surface area contributed by atoms with E-state index in [-0.39, 0.29) is 11.7 Å². The summed E-state index contributed by atoms with van der Waals surface area (Å²) in [5, 5.41) is 8.46. The standard InChI is InChI=1S/C12H15F2N3O/c13-10-2-1-9(7-11(10)14)17-12(18)16-8-3-5-15-6-4-8/h1-2,7-8,15H,3-6H2,(H2,16,17,18). The van der Waals surface area contributed by atoms with Crippen LogP contribution in [0.1, 0.15) is 12.8 Å². The van der Waals surface area contributed by atoms with Gasteiger partial charge in [-0.2, -0.15) is 0 Å². The molecule has 1 aromatic rings. The minimum atomic E-state index is -0.977. The van der Waals surface area contributed by atoms with Gasteiger partial charge >= 0.3 is 6.03 Å². The topological polar surface area (TPSA) is 53.2 Å². The third kappa shape index (κ3) is 3.40. The lowest BCUT2D eigenvalue weighted by Crippen LogP contribution is -2.44. The summed E-state index contributed by atoms with van der Waals surface area (Å²) in [6.45, 7) is 1.74. The fourth-order valence-electron chi connectivity index (χ4n) is 1.89. The first-order valence-electron chi connectivity index (χ1n) is 5.88. The molecule has 0 radical (unpaired) electrons. The summed E-state index contributed by atoms with van der Waals surface area (Å²) in [6.07, 6.45) is 1.73. The number of hydrogen-bond donors (Lipinski definition) is 3. The van der Waals surface area contributed by atoms with Crippen molar-refractivity contribution in [3.05, 3.63) is 29.8 Å². The molecule has 0 atom stereocenters. The van der Waals surface area contributed by atoms with Gasteiger partial charge in [-0.25, -0.2) is 13.6 Å². The maximum absolute atomic E-state index is 12.9. The van der Waals surface area contributed by atoms with Crippen molar-refractivity contribution in [2.45, 2.75) is 18.9 Å². The fourth-order valence-corrected chi connectivity index (χ4v) is 1.89. The van der Waals surface area contributed by atoms with Gasteiger partial charge < -0.3 is 16.0 Å². The largest absolute Gasteiger partial charge is 0.335 e. The zero-order chi connectivity index (χ0) is 13.0. The molecule has 3 N–H and O–H groups in total. The predicted molar refractivity (Wildman–Crippen MR) is 64.4 cm³/mol. The highest BCUT2D eigenvalue weighted by atomic mass is 19.2. The van der Waals surface area contributed by atoms with Gasteiger partial charge in [0.25, 0.3) is 0 Å². The number of piperidine rings is 1. The number of hydrogen-bond acceptors (Lipinski definition) is 2. The van der Waals surface area contributed by atoms with E-state index >= 15 is 0 Å². The Morgan fingerprint density at radius 1 is 1.22 bits per heavy atom. The number of nitrogens with one attached hydrogen (secondary N) is 3. The molecule has 1 aliphatic heterocycles. The van der Waals surface area contributed by atoms with Crippen LogP contribution in [0.4, 0.5) is 19.3 Å². The van der Waals surface area contributed by atoms with E-state index in [0.29, 0.717) is 0 Å². The van der Waals surface area contributed by atoms with Gasteiger partial charge in [0.1, 0.15) is 0 Å². The first kappa shape index (κ1) is 12.8. The minimum Gasteiger partial charge on any atom is -0.335 e. The Balaban J connectivity index is 1.88. The Kier molecular flexibility index (Phi) is 4.09. The van der Waals surface area contributed by atoms with Crippen molar-refractivity contribution in [3.63, 3.8) is 0 Å². The highest BCUT2D eigenvalue weighted by molar-refractivity contribution is 5.89. The van der Waals surface area contributed by atoms with Crippen LogP contribution in [0.25, 0.3) is 0 Å². The maximum Gasteiger partial charge on any atom is 0.319 e. The van der Waals surface area contributed by atoms with Gasteiger partial charge in [-0.1, -0.05) is 0 Å². The van der Waals surface area contributed by atoms with Gasteiger partial charge in [0, 0.05) is 17.8 Å². The Bertz CT molecular complexity index is 433. The molecule has 6 heteroatoms. The van der Waals surface area contributed by atoms with Crippen molar-refractivity contribution < 1.29 is 13.6 Å². The molecule has 0 aliphatic carbocycles. The molecule has 1 heterocycles. The van der Waals surface area contributed by atoms with E-state index in [1.807, 2.05) is 0 Å². The molecule has 0 saturated carbocycles. The van der Waals surface area contributed by atoms with Crippen molar-refractivity contribution in [1.82, 2.24) is 10.6 Å². The highest BCUT2D eigenvalue weighted by Crippen LogP contribution is 2.13. The molecule has 1 aromatic carbocycles. The number of benzene rings is 1. The quantitative estimate of drug-likeness (QED) is 0.755. The Morgan fingerprint density at radius 3 is 2.61 bits per heavy atom. The van der Waals surface area contributed by atoms with Gasteiger partial charge in [0.2, 0.25) is 0 Å². The molecule has 0 spiro atoms. The SMILES string of the molecule is O=C(Nc1ccc(F)c(F)c1)NC1CCNCC1. The summed E-state index contributed by atoms with van der Waals surface area (Å²) in [4.78, 5) is 11.6. The number of halogens is 2. The molecule has 1 fully saturated rings. The Hall–Kier alpha value is -1.69. The number of carbonyl (C=O) groups is 1. The highest BCUT2D eigenvalue weighted by Gasteiger charge is 2.15. The zero-order valence-electron chi connectivity index (χ0n) is 9.80. The molecule has 4 nitrogen and oxygen atoms in total. The Morgan fingerprint density at radius 2 is 1.94 bits per heavy atom. The van der Waals surface area contributed by atoms with Crippen molar-refractivity contribution in [2.75, 3.05) is 18.4 Å². The second kappa shape index (κ2) is 5.77. The molecular formula is C12H15F2N3O. The third-order valence-electron chi connectivity index (χ3n) is 2.85. The van der Waals surface area contributed by atoms with Gasteiger partial charge in [-0.05, 0) is 38.1 Å². The predicted octanol–water partition coefficient (Wildman–Crippen LogP) is 1.84. The van der Waals surface area contributed by atoms with Crippen LogP contribution in [0.2, 0.25) is 0 Å². The van der Waals surface area contributed by atoms with E-state index < -0.39 is 17.7 Å². The van der Waals surface area contributed by atoms with Gasteiger partial charge in [0.15, 0.2) is 11.6 Å². The van der Waals surface area contributed by atoms with Crippen LogP contribution in [0.3, 0.4) is 0 Å². The van der Waals surface area contributed by atoms with Gasteiger partial charge in [-0.3, -0.25) is 0 Å². The molecule has 1 saturated heterocycles. The molecule has 2 amide bonds. The van der Waals surface area contributed by atoms with E-state index in [0.717, 1.165) is 38.1 Å². The molecule has 0 aromatic heterocycles. The number of carbonyl (C=O) groups excluding carboxylic acids is 1. The van der Waals surface area contributed by atoms with E-state index in [9.17, 15) is 13.6 Å². The Labute approximate surface area is 104 Å². The van der Waals surface area contributed by atoms with Crippen molar-refractivity contribution >= 4 is 11.7 Å². The summed E-state index contributed by atoms with van der Waals surface area (Å²) in [7, 11) is 0. The fraction of sp³-hybridized carbons (Fsp3) is 0.417. The second-order valence-electron chi connectivity index (χ2n) is 4.25. The van der Waals surface area contributed by atoms with E-state index in [2.05, 4.69) is 16.0 Å². The zero-order valence-corrected chi connectivity index (χ0v) is 9.80. The van der Waals surface area contributed by atoms with Crippen molar-refractivity contribution in [2.24, 2.45) is 0 Å². The van der Waals surface area contributed by atoms with Crippen LogP contribution in [-0.4, -0.2) is 25.2 Å². The average molecular weight is 255 g/mol. The normalized spacial score (nSPS) is 16.3. The smallest absolute Gasteiger partial charge is 0.319 e. The van der Waals surface area contributed by atoms with Crippen molar-refractivity contribution in [1.29, 1.82) is 0 Å². The first-order chi connectivity index (χ1) is 8.65. The third-order valence-corrected chi connectivity index (χ3v) is 2.85. The second-order valence-corrected chi connectivity index (χ2v) is 4.25. The summed E-state index contributed by atoms with van der Waals surface area (Å²) in [5.41, 5.74) is 0.236. The maximum atomic E-state index is 12.9. The molecule has 2 rings (SSSR count). The molecule has 18 heavy (non-hydrogen) atoms. The van der Waals surface area contributed by atoms with Crippen LogP contribution in [-0.2, 0) is 0 Å². The molecular weight excluding hydrogens is 240 g/mol. The van der Waals surface area contributed by atoms with Crippen LogP contribution in [0.15, 0.2) is 18.2 Å². The van der Waals surface area contributed by atoms with Gasteiger partial charge in [-0.15, -0.1) is 0 Å². The van der Waals surface area contributed by atoms with Crippen LogP contribution < -0.4 is 16.0 Å². The molecule has 98 valence electrons. The first-order valence-corrected chi connectivity index (χ1v) is 5.88. The average Bonchev–Trinajstić information content (AvgIpc) is 2.35. The minimum absolute atomic E-state index is 0.122. The molecule has 0 unspecified atom stereocenters. The number of amides is 2. The number of anilines is 1. The van der Waals surface area contributed by atoms with E-state index in [4.69, 9.17) is 0 Å². The summed E-state index contributed by atoms with van der Waals surface area (Å²) in [6, 6.07) is 2.98.